The van der Waals surface area contributed by atoms with E-state index in [1.54, 1.807) is 24.7 Å². The Balaban J connectivity index is 1.79. The fourth-order valence-electron chi connectivity index (χ4n) is 1.66. The van der Waals surface area contributed by atoms with E-state index in [0.717, 1.165) is 11.1 Å². The van der Waals surface area contributed by atoms with E-state index < -0.39 is 0 Å². The summed E-state index contributed by atoms with van der Waals surface area (Å²) in [6, 6.07) is 13.3. The number of ether oxygens (including phenoxy) is 1. The molecular formula is C15H10ClN3O. The van der Waals surface area contributed by atoms with Crippen LogP contribution in [0, 0.1) is 0 Å². The molecule has 20 heavy (non-hydrogen) atoms. The van der Waals surface area contributed by atoms with Crippen molar-refractivity contribution in [2.24, 2.45) is 0 Å². The third-order valence-electron chi connectivity index (χ3n) is 2.64. The van der Waals surface area contributed by atoms with E-state index >= 15 is 0 Å². The first-order valence-corrected chi connectivity index (χ1v) is 6.36. The molecule has 0 spiro atoms. The molecule has 0 unspecified atom stereocenters. The number of benzene rings is 1. The minimum absolute atomic E-state index is 0.307. The van der Waals surface area contributed by atoms with Gasteiger partial charge in [0.25, 0.3) is 0 Å². The van der Waals surface area contributed by atoms with Crippen molar-refractivity contribution < 1.29 is 4.74 Å². The van der Waals surface area contributed by atoms with Crippen LogP contribution in [0.3, 0.4) is 0 Å². The molecule has 0 bridgehead atoms. The number of pyridine rings is 1. The molecule has 0 aliphatic rings. The number of hydrogen-bond donors (Lipinski definition) is 0. The van der Waals surface area contributed by atoms with Gasteiger partial charge in [-0.25, -0.2) is 15.0 Å². The van der Waals surface area contributed by atoms with Crippen LogP contribution >= 0.6 is 11.6 Å². The normalized spacial score (nSPS) is 10.2. The largest absolute Gasteiger partial charge is 0.424 e. The monoisotopic (exact) mass is 283 g/mol. The molecule has 0 atom stereocenters. The summed E-state index contributed by atoms with van der Waals surface area (Å²) in [5.41, 5.74) is 1.76. The van der Waals surface area contributed by atoms with Crippen molar-refractivity contribution in [2.45, 2.75) is 0 Å². The third kappa shape index (κ3) is 2.92. The molecule has 1 aromatic carbocycles. The lowest BCUT2D eigenvalue weighted by molar-refractivity contribution is 0.442. The summed E-state index contributed by atoms with van der Waals surface area (Å²) in [5.74, 6) is 0.702. The molecule has 0 saturated heterocycles. The zero-order valence-electron chi connectivity index (χ0n) is 10.4. The Morgan fingerprint density at radius 1 is 0.750 bits per heavy atom. The Labute approximate surface area is 121 Å². The van der Waals surface area contributed by atoms with Crippen LogP contribution in [0.2, 0.25) is 5.15 Å². The number of nitrogens with zero attached hydrogens (tertiary/aromatic N) is 3. The highest BCUT2D eigenvalue weighted by molar-refractivity contribution is 6.29. The highest BCUT2D eigenvalue weighted by atomic mass is 35.5. The lowest BCUT2D eigenvalue weighted by Crippen LogP contribution is -1.92. The van der Waals surface area contributed by atoms with Crippen molar-refractivity contribution in [3.63, 3.8) is 0 Å². The predicted molar refractivity (Wildman–Crippen MR) is 76.8 cm³/mol. The van der Waals surface area contributed by atoms with Crippen LogP contribution in [-0.4, -0.2) is 15.0 Å². The van der Waals surface area contributed by atoms with Crippen LogP contribution in [0.25, 0.3) is 11.1 Å². The molecule has 5 heteroatoms. The molecular weight excluding hydrogens is 274 g/mol. The molecule has 0 fully saturated rings. The average Bonchev–Trinajstić information content (AvgIpc) is 2.50. The summed E-state index contributed by atoms with van der Waals surface area (Å²) >= 11 is 5.75. The van der Waals surface area contributed by atoms with Gasteiger partial charge in [-0.15, -0.1) is 0 Å². The molecule has 4 nitrogen and oxygen atoms in total. The van der Waals surface area contributed by atoms with Crippen molar-refractivity contribution in [3.05, 3.63) is 66.2 Å². The van der Waals surface area contributed by atoms with E-state index in [0.29, 0.717) is 16.9 Å². The molecule has 0 radical (unpaired) electrons. The zero-order valence-corrected chi connectivity index (χ0v) is 11.2. The van der Waals surface area contributed by atoms with Crippen molar-refractivity contribution in [1.29, 1.82) is 0 Å². The molecule has 0 amide bonds. The lowest BCUT2D eigenvalue weighted by Gasteiger charge is -2.04. The van der Waals surface area contributed by atoms with Crippen molar-refractivity contribution in [2.75, 3.05) is 0 Å². The summed E-state index contributed by atoms with van der Waals surface area (Å²) in [4.78, 5) is 12.4. The molecule has 2 heterocycles. The van der Waals surface area contributed by atoms with E-state index in [4.69, 9.17) is 16.3 Å². The van der Waals surface area contributed by atoms with Crippen LogP contribution in [0.4, 0.5) is 0 Å². The van der Waals surface area contributed by atoms with Crippen molar-refractivity contribution >= 4 is 11.6 Å². The molecule has 98 valence electrons. The first-order valence-electron chi connectivity index (χ1n) is 5.98. The molecule has 0 N–H and O–H groups in total. The van der Waals surface area contributed by atoms with Gasteiger partial charge in [0.05, 0.1) is 0 Å². The van der Waals surface area contributed by atoms with Crippen molar-refractivity contribution in [3.8, 4) is 22.9 Å². The molecule has 0 saturated carbocycles. The van der Waals surface area contributed by atoms with E-state index in [1.807, 2.05) is 36.4 Å². The maximum atomic E-state index is 5.75. The van der Waals surface area contributed by atoms with Gasteiger partial charge in [0, 0.05) is 29.7 Å². The summed E-state index contributed by atoms with van der Waals surface area (Å²) in [5, 5.41) is 0.457. The number of hydrogen-bond acceptors (Lipinski definition) is 4. The number of para-hydroxylation sites is 1. The summed E-state index contributed by atoms with van der Waals surface area (Å²) in [6.07, 6.45) is 5.06. The van der Waals surface area contributed by atoms with E-state index in [1.165, 1.54) is 0 Å². The van der Waals surface area contributed by atoms with Crippen LogP contribution < -0.4 is 4.74 Å². The number of halogens is 1. The van der Waals surface area contributed by atoms with Crippen LogP contribution in [0.15, 0.2) is 61.1 Å². The minimum atomic E-state index is 0.307. The SMILES string of the molecule is Clc1ccc(-c2cnc(Oc3ccccc3)nc2)cn1. The predicted octanol–water partition coefficient (Wildman–Crippen LogP) is 3.98. The zero-order chi connectivity index (χ0) is 13.8. The highest BCUT2D eigenvalue weighted by Crippen LogP contribution is 2.21. The summed E-state index contributed by atoms with van der Waals surface area (Å²) in [7, 11) is 0. The Morgan fingerprint density at radius 2 is 1.45 bits per heavy atom. The Bertz CT molecular complexity index is 685. The van der Waals surface area contributed by atoms with Gasteiger partial charge in [-0.1, -0.05) is 29.8 Å². The first kappa shape index (κ1) is 12.6. The fourth-order valence-corrected chi connectivity index (χ4v) is 1.77. The summed E-state index contributed by atoms with van der Waals surface area (Å²) in [6.45, 7) is 0. The number of rotatable bonds is 3. The standard InChI is InChI=1S/C15H10ClN3O/c16-14-7-6-11(8-17-14)12-9-18-15(19-10-12)20-13-4-2-1-3-5-13/h1-10H. The Morgan fingerprint density at radius 3 is 2.10 bits per heavy atom. The maximum Gasteiger partial charge on any atom is 0.321 e. The van der Waals surface area contributed by atoms with Gasteiger partial charge in [-0.05, 0) is 24.3 Å². The van der Waals surface area contributed by atoms with E-state index in [2.05, 4.69) is 15.0 Å². The quantitative estimate of drug-likeness (QED) is 0.682. The average molecular weight is 284 g/mol. The minimum Gasteiger partial charge on any atom is -0.424 e. The topological polar surface area (TPSA) is 47.9 Å². The third-order valence-corrected chi connectivity index (χ3v) is 2.86. The van der Waals surface area contributed by atoms with E-state index in [-0.39, 0.29) is 0 Å². The molecule has 0 aliphatic heterocycles. The Kier molecular flexibility index (Phi) is 3.56. The van der Waals surface area contributed by atoms with Crippen LogP contribution in [0.1, 0.15) is 0 Å². The smallest absolute Gasteiger partial charge is 0.321 e. The lowest BCUT2D eigenvalue weighted by atomic mass is 10.2. The van der Waals surface area contributed by atoms with Gasteiger partial charge in [-0.3, -0.25) is 0 Å². The van der Waals surface area contributed by atoms with Crippen LogP contribution in [0.5, 0.6) is 11.8 Å². The summed E-state index contributed by atoms with van der Waals surface area (Å²) < 4.78 is 5.53. The molecule has 2 aromatic heterocycles. The first-order chi connectivity index (χ1) is 9.81. The fraction of sp³-hybridized carbons (Fsp3) is 0. The van der Waals surface area contributed by atoms with Gasteiger partial charge in [0.2, 0.25) is 0 Å². The molecule has 0 aliphatic carbocycles. The van der Waals surface area contributed by atoms with E-state index in [9.17, 15) is 0 Å². The second-order valence-electron chi connectivity index (χ2n) is 4.04. The van der Waals surface area contributed by atoms with Gasteiger partial charge in [-0.2, -0.15) is 0 Å². The Hall–Kier alpha value is -2.46. The molecule has 3 aromatic rings. The van der Waals surface area contributed by atoms with Gasteiger partial charge in [0.15, 0.2) is 0 Å². The highest BCUT2D eigenvalue weighted by Gasteiger charge is 2.03. The second kappa shape index (κ2) is 5.67. The van der Waals surface area contributed by atoms with Crippen molar-refractivity contribution in [1.82, 2.24) is 15.0 Å². The second-order valence-corrected chi connectivity index (χ2v) is 4.43. The van der Waals surface area contributed by atoms with Gasteiger partial charge < -0.3 is 4.74 Å². The van der Waals surface area contributed by atoms with Crippen LogP contribution in [-0.2, 0) is 0 Å². The van der Waals surface area contributed by atoms with Gasteiger partial charge >= 0.3 is 6.01 Å². The molecule has 3 rings (SSSR count). The van der Waals surface area contributed by atoms with Gasteiger partial charge in [0.1, 0.15) is 10.9 Å². The number of aromatic nitrogens is 3. The maximum absolute atomic E-state index is 5.75.